The predicted octanol–water partition coefficient (Wildman–Crippen LogP) is 4.50. The number of amides is 1. The van der Waals surface area contributed by atoms with Crippen LogP contribution in [0.1, 0.15) is 36.1 Å². The Morgan fingerprint density at radius 1 is 1.17 bits per heavy atom. The molecule has 1 aromatic carbocycles. The topological polar surface area (TPSA) is 76.1 Å². The van der Waals surface area contributed by atoms with E-state index in [1.54, 1.807) is 24.4 Å². The fraction of sp³-hybridized carbons (Fsp3) is 0.429. The third-order valence-electron chi connectivity index (χ3n) is 5.39. The Bertz CT molecular complexity index is 1070. The van der Waals surface area contributed by atoms with Gasteiger partial charge in [0.05, 0.1) is 10.1 Å². The number of nitrogens with one attached hydrogen (secondary N) is 1. The van der Waals surface area contributed by atoms with E-state index < -0.39 is 34.0 Å². The lowest BCUT2D eigenvalue weighted by atomic mass is 9.98. The molecule has 1 amide bonds. The van der Waals surface area contributed by atoms with E-state index in [4.69, 9.17) is 0 Å². The van der Waals surface area contributed by atoms with E-state index >= 15 is 0 Å². The third-order valence-corrected chi connectivity index (χ3v) is 8.50. The number of thiazole rings is 1. The Hall–Kier alpha value is -2.13. The van der Waals surface area contributed by atoms with Crippen LogP contribution < -0.4 is 5.32 Å². The molecule has 2 unspecified atom stereocenters. The summed E-state index contributed by atoms with van der Waals surface area (Å²) in [4.78, 5) is 18.2. The van der Waals surface area contributed by atoms with Crippen LogP contribution in [0.4, 0.5) is 13.9 Å². The smallest absolute Gasteiger partial charge is 0.257 e. The first kappa shape index (κ1) is 21.1. The zero-order chi connectivity index (χ0) is 21.5. The summed E-state index contributed by atoms with van der Waals surface area (Å²) in [7, 11) is -3.34. The molecular weight excluding hydrogens is 430 g/mol. The van der Waals surface area contributed by atoms with Crippen molar-refractivity contribution in [3.63, 3.8) is 0 Å². The van der Waals surface area contributed by atoms with Gasteiger partial charge in [-0.25, -0.2) is 22.2 Å². The standard InChI is InChI=1S/C21H22F2N2O3S2/c1-12-11-24-21(29-12)25-20(26)17(8-13-9-18(22)19(23)10-13)14-2-4-15(5-3-14)30(27,28)16-6-7-16/h2-5,8,11,13,16,18-19H,6-7,9-10H2,1H3,(H,24,25,26)/b17-8+. The molecule has 5 nitrogen and oxygen atoms in total. The van der Waals surface area contributed by atoms with Gasteiger partial charge in [0, 0.05) is 16.6 Å². The highest BCUT2D eigenvalue weighted by molar-refractivity contribution is 7.92. The molecule has 4 rings (SSSR count). The predicted molar refractivity (Wildman–Crippen MR) is 113 cm³/mol. The average molecular weight is 453 g/mol. The van der Waals surface area contributed by atoms with Crippen molar-refractivity contribution in [2.75, 3.05) is 5.32 Å². The number of anilines is 1. The number of halogens is 2. The van der Waals surface area contributed by atoms with Gasteiger partial charge in [-0.3, -0.25) is 10.1 Å². The number of nitrogens with zero attached hydrogens (tertiary/aromatic N) is 1. The molecule has 1 heterocycles. The minimum atomic E-state index is -3.34. The molecular formula is C21H22F2N2O3S2. The highest BCUT2D eigenvalue weighted by Crippen LogP contribution is 2.36. The maximum Gasteiger partial charge on any atom is 0.257 e. The van der Waals surface area contributed by atoms with Crippen molar-refractivity contribution in [3.05, 3.63) is 47.0 Å². The molecule has 0 spiro atoms. The fourth-order valence-electron chi connectivity index (χ4n) is 3.62. The Morgan fingerprint density at radius 2 is 1.80 bits per heavy atom. The quantitative estimate of drug-likeness (QED) is 0.655. The number of aromatic nitrogens is 1. The number of carbonyl (C=O) groups excluding carboxylic acids is 1. The van der Waals surface area contributed by atoms with Crippen molar-refractivity contribution >= 4 is 37.8 Å². The number of hydrogen-bond acceptors (Lipinski definition) is 5. The lowest BCUT2D eigenvalue weighted by Crippen LogP contribution is -2.15. The van der Waals surface area contributed by atoms with Gasteiger partial charge in [-0.15, -0.1) is 11.3 Å². The first-order chi connectivity index (χ1) is 14.2. The van der Waals surface area contributed by atoms with Crippen LogP contribution in [0.15, 0.2) is 41.4 Å². The normalized spacial score (nSPS) is 24.8. The maximum atomic E-state index is 13.7. The van der Waals surface area contributed by atoms with Crippen LogP contribution in [0.5, 0.6) is 0 Å². The molecule has 2 aliphatic rings. The average Bonchev–Trinajstić information content (AvgIpc) is 3.42. The van der Waals surface area contributed by atoms with Crippen LogP contribution in [0.2, 0.25) is 0 Å². The zero-order valence-corrected chi connectivity index (χ0v) is 18.0. The molecule has 0 aliphatic heterocycles. The van der Waals surface area contributed by atoms with Gasteiger partial charge in [-0.05, 0) is 56.2 Å². The second-order valence-electron chi connectivity index (χ2n) is 7.84. The molecule has 0 radical (unpaired) electrons. The van der Waals surface area contributed by atoms with Gasteiger partial charge in [0.25, 0.3) is 5.91 Å². The molecule has 1 aromatic heterocycles. The summed E-state index contributed by atoms with van der Waals surface area (Å²) in [5, 5.41) is 2.83. The van der Waals surface area contributed by atoms with E-state index in [9.17, 15) is 22.0 Å². The SMILES string of the molecule is Cc1cnc(NC(=O)/C(=C/C2CC(F)C(F)C2)c2ccc(S(=O)(=O)C3CC3)cc2)s1. The molecule has 2 aromatic rings. The maximum absolute atomic E-state index is 13.7. The first-order valence-corrected chi connectivity index (χ1v) is 12.2. The number of benzene rings is 1. The van der Waals surface area contributed by atoms with Crippen LogP contribution in [0, 0.1) is 12.8 Å². The van der Waals surface area contributed by atoms with Crippen molar-refractivity contribution in [2.45, 2.75) is 55.1 Å². The molecule has 2 fully saturated rings. The Balaban J connectivity index is 1.63. The molecule has 160 valence electrons. The molecule has 2 saturated carbocycles. The van der Waals surface area contributed by atoms with Gasteiger partial charge in [-0.2, -0.15) is 0 Å². The minimum Gasteiger partial charge on any atom is -0.298 e. The van der Waals surface area contributed by atoms with E-state index in [1.165, 1.54) is 23.5 Å². The van der Waals surface area contributed by atoms with E-state index in [0.29, 0.717) is 23.5 Å². The number of alkyl halides is 2. The summed E-state index contributed by atoms with van der Waals surface area (Å²) in [6.07, 6.45) is 1.52. The molecule has 30 heavy (non-hydrogen) atoms. The molecule has 1 N–H and O–H groups in total. The Kier molecular flexibility index (Phi) is 5.76. The summed E-state index contributed by atoms with van der Waals surface area (Å²) in [5.74, 6) is -0.858. The molecule has 0 saturated heterocycles. The second kappa shape index (κ2) is 8.19. The fourth-order valence-corrected chi connectivity index (χ4v) is 5.93. The molecule has 2 atom stereocenters. The number of hydrogen-bond donors (Lipinski definition) is 1. The highest BCUT2D eigenvalue weighted by atomic mass is 32.2. The van der Waals surface area contributed by atoms with E-state index in [-0.39, 0.29) is 28.6 Å². The van der Waals surface area contributed by atoms with Crippen LogP contribution in [0.3, 0.4) is 0 Å². The van der Waals surface area contributed by atoms with Crippen molar-refractivity contribution in [1.82, 2.24) is 4.98 Å². The number of allylic oxidation sites excluding steroid dienone is 1. The summed E-state index contributed by atoms with van der Waals surface area (Å²) in [6.45, 7) is 1.87. The molecule has 2 aliphatic carbocycles. The van der Waals surface area contributed by atoms with Crippen molar-refractivity contribution in [2.24, 2.45) is 5.92 Å². The summed E-state index contributed by atoms with van der Waals surface area (Å²) < 4.78 is 52.2. The second-order valence-corrected chi connectivity index (χ2v) is 11.3. The van der Waals surface area contributed by atoms with Crippen LogP contribution in [-0.2, 0) is 14.6 Å². The summed E-state index contributed by atoms with van der Waals surface area (Å²) in [5.41, 5.74) is 0.748. The highest BCUT2D eigenvalue weighted by Gasteiger charge is 2.37. The summed E-state index contributed by atoms with van der Waals surface area (Å²) >= 11 is 1.32. The molecule has 9 heteroatoms. The largest absolute Gasteiger partial charge is 0.298 e. The van der Waals surface area contributed by atoms with Gasteiger partial charge >= 0.3 is 0 Å². The molecule has 0 bridgehead atoms. The van der Waals surface area contributed by atoms with Gasteiger partial charge in [-0.1, -0.05) is 18.2 Å². The van der Waals surface area contributed by atoms with Crippen molar-refractivity contribution < 1.29 is 22.0 Å². The van der Waals surface area contributed by atoms with E-state index in [1.807, 2.05) is 6.92 Å². The third kappa shape index (κ3) is 4.46. The number of sulfone groups is 1. The van der Waals surface area contributed by atoms with Crippen LogP contribution in [0.25, 0.3) is 5.57 Å². The number of rotatable bonds is 6. The van der Waals surface area contributed by atoms with Gasteiger partial charge in [0.1, 0.15) is 12.3 Å². The zero-order valence-electron chi connectivity index (χ0n) is 16.3. The summed E-state index contributed by atoms with van der Waals surface area (Å²) in [6, 6.07) is 6.12. The van der Waals surface area contributed by atoms with Gasteiger partial charge < -0.3 is 0 Å². The lowest BCUT2D eigenvalue weighted by molar-refractivity contribution is -0.111. The number of carbonyl (C=O) groups is 1. The van der Waals surface area contributed by atoms with E-state index in [0.717, 1.165) is 4.88 Å². The van der Waals surface area contributed by atoms with Gasteiger partial charge in [0.2, 0.25) is 0 Å². The van der Waals surface area contributed by atoms with Crippen molar-refractivity contribution in [1.29, 1.82) is 0 Å². The van der Waals surface area contributed by atoms with Gasteiger partial charge in [0.15, 0.2) is 15.0 Å². The monoisotopic (exact) mass is 452 g/mol. The minimum absolute atomic E-state index is 0.0163. The Labute approximate surface area is 178 Å². The first-order valence-electron chi connectivity index (χ1n) is 9.82. The van der Waals surface area contributed by atoms with E-state index in [2.05, 4.69) is 10.3 Å². The van der Waals surface area contributed by atoms with Crippen LogP contribution >= 0.6 is 11.3 Å². The van der Waals surface area contributed by atoms with Crippen LogP contribution in [-0.4, -0.2) is 36.9 Å². The van der Waals surface area contributed by atoms with Crippen molar-refractivity contribution in [3.8, 4) is 0 Å². The Morgan fingerprint density at radius 3 is 2.33 bits per heavy atom. The lowest BCUT2D eigenvalue weighted by Gasteiger charge is -2.12. The number of aryl methyl sites for hydroxylation is 1.